The number of primary amides is 1. The van der Waals surface area contributed by atoms with Crippen LogP contribution < -0.4 is 27.0 Å². The summed E-state index contributed by atoms with van der Waals surface area (Å²) >= 11 is 0. The summed E-state index contributed by atoms with van der Waals surface area (Å²) in [7, 11) is 6.20. The number of nitrogens with two attached hydrogens (primary N) is 1. The van der Waals surface area contributed by atoms with Crippen molar-refractivity contribution >= 4 is 58.9 Å². The van der Waals surface area contributed by atoms with E-state index in [1.54, 1.807) is 80.9 Å². The van der Waals surface area contributed by atoms with Crippen molar-refractivity contribution in [3.05, 3.63) is 65.7 Å². The van der Waals surface area contributed by atoms with Gasteiger partial charge in [0, 0.05) is 71.8 Å². The van der Waals surface area contributed by atoms with Crippen LogP contribution in [0.5, 0.6) is 0 Å². The lowest BCUT2D eigenvalue weighted by molar-refractivity contribution is -0.149. The summed E-state index contributed by atoms with van der Waals surface area (Å²) in [6.07, 6.45) is 3.97. The average molecular weight is 1390 g/mol. The maximum absolute atomic E-state index is 14.9. The number of nitrogens with zero attached hydrogens (tertiary/aromatic N) is 3. The second-order valence-electron chi connectivity index (χ2n) is 26.5. The minimum Gasteiger partial charge on any atom is -0.445 e. The number of rotatable bonds is 49. The molecule has 2 aromatic rings. The number of likely N-dealkylation sites (N-methyl/N-ethyl adjacent to an activating group) is 2. The first-order valence-corrected chi connectivity index (χ1v) is 34.8. The predicted octanol–water partition coefficient (Wildman–Crippen LogP) is 6.49. The number of carbonyl (C=O) groups is 9. The summed E-state index contributed by atoms with van der Waals surface area (Å²) in [6.45, 7) is 21.2. The van der Waals surface area contributed by atoms with E-state index in [0.717, 1.165) is 0 Å². The molecule has 0 saturated carbocycles. The summed E-state index contributed by atoms with van der Waals surface area (Å²) in [6, 6.07) is 11.4. The number of Topliss-reactive ketones (excluding diaryl/α,β-unsaturated/α-hetero) is 2. The number of likely N-dealkylation sites (tertiary alicyclic amines) is 1. The third-order valence-corrected chi connectivity index (χ3v) is 18.1. The fraction of sp³-hybridized carbons (Fsp3) is 0.685. The number of aliphatic hydroxyl groups is 1. The van der Waals surface area contributed by atoms with Gasteiger partial charge < -0.3 is 84.7 Å². The predicted molar refractivity (Wildman–Crippen MR) is 374 cm³/mol. The number of benzene rings is 2. The molecule has 556 valence electrons. The maximum Gasteiger partial charge on any atom is 0.410 e. The van der Waals surface area contributed by atoms with Crippen molar-refractivity contribution in [1.82, 2.24) is 30.7 Å². The zero-order valence-corrected chi connectivity index (χ0v) is 61.1. The Balaban J connectivity index is 1.62. The van der Waals surface area contributed by atoms with Crippen LogP contribution in [0.1, 0.15) is 138 Å². The first-order chi connectivity index (χ1) is 47.1. The monoisotopic (exact) mass is 1390 g/mol. The summed E-state index contributed by atoms with van der Waals surface area (Å²) in [5, 5.41) is 22.0. The highest BCUT2D eigenvalue weighted by Gasteiger charge is 2.44. The smallest absolute Gasteiger partial charge is 0.410 e. The van der Waals surface area contributed by atoms with Gasteiger partial charge in [0.15, 0.2) is 11.6 Å². The van der Waals surface area contributed by atoms with Gasteiger partial charge in [-0.15, -0.1) is 6.42 Å². The Morgan fingerprint density at radius 3 is 1.87 bits per heavy atom. The number of ketones is 2. The number of anilines is 1. The number of carbonyl (C=O) groups excluding carboxylic acids is 9. The van der Waals surface area contributed by atoms with Gasteiger partial charge >= 0.3 is 12.1 Å². The van der Waals surface area contributed by atoms with Crippen molar-refractivity contribution < 1.29 is 86.2 Å². The molecule has 26 heteroatoms. The molecular formula is C73H116N8O18. The fourth-order valence-corrected chi connectivity index (χ4v) is 12.4. The van der Waals surface area contributed by atoms with E-state index < -0.39 is 90.2 Å². The Morgan fingerprint density at radius 1 is 0.717 bits per heavy atom. The van der Waals surface area contributed by atoms with E-state index in [1.165, 1.54) is 26.2 Å². The Kier molecular flexibility index (Phi) is 40.3. The zero-order valence-electron chi connectivity index (χ0n) is 61.1. The lowest BCUT2D eigenvalue weighted by atomic mass is 9.83. The molecule has 1 aliphatic heterocycles. The molecule has 1 aliphatic rings. The van der Waals surface area contributed by atoms with E-state index >= 15 is 0 Å². The molecule has 1 saturated heterocycles. The van der Waals surface area contributed by atoms with Crippen LogP contribution in [0.15, 0.2) is 54.6 Å². The van der Waals surface area contributed by atoms with Gasteiger partial charge in [0.1, 0.15) is 19.8 Å². The van der Waals surface area contributed by atoms with Crippen LogP contribution in [-0.4, -0.2) is 223 Å². The first-order valence-electron chi connectivity index (χ1n) is 34.8. The van der Waals surface area contributed by atoms with Gasteiger partial charge in [-0.05, 0) is 79.5 Å². The lowest BCUT2D eigenvalue weighted by Crippen LogP contribution is -2.55. The minimum atomic E-state index is -0.970. The molecule has 12 atom stereocenters. The van der Waals surface area contributed by atoms with Crippen molar-refractivity contribution in [1.29, 1.82) is 0 Å². The first kappa shape index (κ1) is 86.1. The number of hydrogen-bond acceptors (Lipinski definition) is 18. The number of urea groups is 1. The molecule has 0 spiro atoms. The van der Waals surface area contributed by atoms with Crippen molar-refractivity contribution in [3.8, 4) is 12.3 Å². The molecule has 99 heavy (non-hydrogen) atoms. The molecule has 0 aromatic heterocycles. The van der Waals surface area contributed by atoms with Crippen molar-refractivity contribution in [2.75, 3.05) is 113 Å². The third-order valence-electron chi connectivity index (χ3n) is 18.1. The van der Waals surface area contributed by atoms with Crippen LogP contribution >= 0.6 is 0 Å². The number of aliphatic hydroxyl groups excluding tert-OH is 1. The standard InChI is InChI=1S/C73H116N8O18/c1-16-33-94-34-35-95-36-37-96-38-39-97-40-41-98-46-62(84)78-64(48(5)6)59(82)42-55(25-21-31-75-72(74)90)70(88)77-56-29-27-53(28-30-56)45-99-73(91)80(13)65(49(7)8)60(83)43-57(47(3)4)71(89)79(12)66(50(9)17-2)61(92-14)44-63(85)81-32-22-26-58(81)68(93-15)51(10)69(87)76-52(11)67(86)54-23-19-18-20-24-54/h1,18-20,23-24,27-30,47-52,55,57-58,61,64-68,86H,17,21-22,25-26,31-46H2,2-15H3,(H,76,87)(H,77,88)(H,78,84)(H3,74,75,90)/t50-,51+,52+,55?,57-,58-,61+,64+,65-,66-,67+,68+/m0/s1. The molecule has 0 bridgehead atoms. The van der Waals surface area contributed by atoms with Crippen LogP contribution in [-0.2, 0) is 78.1 Å². The van der Waals surface area contributed by atoms with E-state index in [-0.39, 0.29) is 118 Å². The Bertz CT molecular complexity index is 2820. The SMILES string of the molecule is C#CCOCCOCCOCCOCCOCC(=O)N[C@@H](C(=O)CC(CCCNC(N)=O)C(=O)Nc1ccc(COC(=O)N(C)[C@H](C(=O)C[C@H](C(=O)N(C)[C@@H]([C@@H](C)CC)[C@@H](CC(=O)N2CCC[C@H]2[C@H](OC)[C@@H](C)C(=O)N[C@H](C)[C@@H](O)c2ccccc2)OC)C(C)C)C(C)C)cc1)C(C)C. The second kappa shape index (κ2) is 46.4. The van der Waals surface area contributed by atoms with Gasteiger partial charge in [0.25, 0.3) is 0 Å². The van der Waals surface area contributed by atoms with Gasteiger partial charge in [0.05, 0.1) is 114 Å². The number of terminal acetylenes is 1. The van der Waals surface area contributed by atoms with Crippen LogP contribution in [0.25, 0.3) is 0 Å². The number of hydrogen-bond donors (Lipinski definition) is 6. The molecule has 3 rings (SSSR count). The van der Waals surface area contributed by atoms with E-state index in [2.05, 4.69) is 27.2 Å². The summed E-state index contributed by atoms with van der Waals surface area (Å²) in [4.78, 5) is 128. The van der Waals surface area contributed by atoms with E-state index in [0.29, 0.717) is 88.7 Å². The van der Waals surface area contributed by atoms with Crippen molar-refractivity contribution in [2.24, 2.45) is 47.2 Å². The van der Waals surface area contributed by atoms with Crippen LogP contribution in [0, 0.1) is 53.8 Å². The fourth-order valence-electron chi connectivity index (χ4n) is 12.4. The number of nitrogens with one attached hydrogen (secondary N) is 4. The number of methoxy groups -OCH3 is 2. The third kappa shape index (κ3) is 29.6. The summed E-state index contributed by atoms with van der Waals surface area (Å²) in [5.41, 5.74) is 6.88. The van der Waals surface area contributed by atoms with E-state index in [4.69, 9.17) is 50.1 Å². The van der Waals surface area contributed by atoms with Gasteiger partial charge in [-0.3, -0.25) is 33.6 Å². The quantitative estimate of drug-likeness (QED) is 0.0304. The van der Waals surface area contributed by atoms with Crippen LogP contribution in [0.2, 0.25) is 0 Å². The maximum atomic E-state index is 14.9. The van der Waals surface area contributed by atoms with Gasteiger partial charge in [-0.1, -0.05) is 117 Å². The molecule has 1 fully saturated rings. The second-order valence-corrected chi connectivity index (χ2v) is 26.5. The lowest BCUT2D eigenvalue weighted by Gasteiger charge is -2.41. The normalized spacial score (nSPS) is 16.4. The highest BCUT2D eigenvalue weighted by atomic mass is 16.6. The Labute approximate surface area is 587 Å². The van der Waals surface area contributed by atoms with E-state index in [9.17, 15) is 48.3 Å². The Morgan fingerprint density at radius 2 is 1.32 bits per heavy atom. The average Bonchev–Trinajstić information content (AvgIpc) is 1.79. The van der Waals surface area contributed by atoms with Crippen molar-refractivity contribution in [3.63, 3.8) is 0 Å². The molecule has 26 nitrogen and oxygen atoms in total. The molecule has 0 radical (unpaired) electrons. The molecule has 1 heterocycles. The molecule has 8 amide bonds. The highest BCUT2D eigenvalue weighted by molar-refractivity contribution is 5.97. The van der Waals surface area contributed by atoms with Crippen LogP contribution in [0.4, 0.5) is 15.3 Å². The molecule has 0 aliphatic carbocycles. The molecule has 1 unspecified atom stereocenters. The number of amides is 8. The van der Waals surface area contributed by atoms with Gasteiger partial charge in [-0.25, -0.2) is 9.59 Å². The highest BCUT2D eigenvalue weighted by Crippen LogP contribution is 2.32. The van der Waals surface area contributed by atoms with Gasteiger partial charge in [-0.2, -0.15) is 0 Å². The largest absolute Gasteiger partial charge is 0.445 e. The van der Waals surface area contributed by atoms with E-state index in [1.807, 2.05) is 59.7 Å². The Hall–Kier alpha value is -7.09. The summed E-state index contributed by atoms with van der Waals surface area (Å²) in [5.74, 6) is -3.70. The minimum absolute atomic E-state index is 0.0695. The topological polar surface area (TPSA) is 332 Å². The van der Waals surface area contributed by atoms with Crippen LogP contribution in [0.3, 0.4) is 0 Å². The molecule has 2 aromatic carbocycles. The molecular weight excluding hydrogens is 1280 g/mol. The summed E-state index contributed by atoms with van der Waals surface area (Å²) < 4.78 is 44.8. The molecule has 7 N–H and O–H groups in total. The van der Waals surface area contributed by atoms with Gasteiger partial charge in [0.2, 0.25) is 29.5 Å². The zero-order chi connectivity index (χ0) is 73.7. The van der Waals surface area contributed by atoms with Crippen molar-refractivity contribution in [2.45, 2.75) is 176 Å². The number of ether oxygens (including phenoxy) is 8.